The molecule has 0 aliphatic carbocycles. The maximum atomic E-state index is 5.87. The minimum Gasteiger partial charge on any atom is -0.490 e. The topological polar surface area (TPSA) is 21.3 Å². The van der Waals surface area contributed by atoms with Crippen LogP contribution >= 0.6 is 28.3 Å². The fourth-order valence-electron chi connectivity index (χ4n) is 1.65. The molecule has 15 heavy (non-hydrogen) atoms. The Balaban J connectivity index is 0.00000112. The van der Waals surface area contributed by atoms with E-state index in [1.165, 1.54) is 0 Å². The highest BCUT2D eigenvalue weighted by Gasteiger charge is 2.13. The lowest BCUT2D eigenvalue weighted by molar-refractivity contribution is 0.162. The summed E-state index contributed by atoms with van der Waals surface area (Å²) in [6, 6.07) is 8.03. The average molecular weight is 293 g/mol. The van der Waals surface area contributed by atoms with Crippen LogP contribution in [0.5, 0.6) is 5.75 Å². The molecule has 0 unspecified atom stereocenters. The van der Waals surface area contributed by atoms with Gasteiger partial charge >= 0.3 is 0 Å². The molecule has 0 spiro atoms. The highest BCUT2D eigenvalue weighted by atomic mass is 79.9. The maximum absolute atomic E-state index is 5.87. The highest BCUT2D eigenvalue weighted by Crippen LogP contribution is 2.20. The molecular formula is C11H15BrClNO. The normalized spacial score (nSPS) is 16.9. The third-order valence-corrected chi connectivity index (χ3v) is 2.88. The van der Waals surface area contributed by atoms with E-state index in [4.69, 9.17) is 4.74 Å². The van der Waals surface area contributed by atoms with E-state index in [2.05, 4.69) is 21.2 Å². The summed E-state index contributed by atoms with van der Waals surface area (Å²) in [7, 11) is 0. The van der Waals surface area contributed by atoms with Gasteiger partial charge in [-0.2, -0.15) is 0 Å². The number of nitrogens with one attached hydrogen (secondary N) is 1. The second kappa shape index (κ2) is 6.36. The number of piperidine rings is 1. The van der Waals surface area contributed by atoms with Crippen LogP contribution in [0.2, 0.25) is 0 Å². The predicted molar refractivity (Wildman–Crippen MR) is 67.9 cm³/mol. The standard InChI is InChI=1S/C11H14BrNO.ClH/c12-9-2-1-3-11(8-9)14-10-4-6-13-7-5-10;/h1-3,8,10,13H,4-7H2;1H. The van der Waals surface area contributed by atoms with Crippen molar-refractivity contribution < 1.29 is 4.74 Å². The second-order valence-electron chi connectivity index (χ2n) is 3.52. The first-order chi connectivity index (χ1) is 6.84. The van der Waals surface area contributed by atoms with Crippen LogP contribution in [0.25, 0.3) is 0 Å². The van der Waals surface area contributed by atoms with E-state index >= 15 is 0 Å². The molecular weight excluding hydrogens is 277 g/mol. The van der Waals surface area contributed by atoms with Gasteiger partial charge in [-0.15, -0.1) is 12.4 Å². The van der Waals surface area contributed by atoms with Crippen LogP contribution in [0.3, 0.4) is 0 Å². The van der Waals surface area contributed by atoms with E-state index in [1.807, 2.05) is 24.3 Å². The monoisotopic (exact) mass is 291 g/mol. The fraction of sp³-hybridized carbons (Fsp3) is 0.455. The molecule has 1 aliphatic heterocycles. The van der Waals surface area contributed by atoms with Crippen LogP contribution in [0.1, 0.15) is 12.8 Å². The lowest BCUT2D eigenvalue weighted by Gasteiger charge is -2.23. The number of benzene rings is 1. The molecule has 1 N–H and O–H groups in total. The van der Waals surface area contributed by atoms with Gasteiger partial charge in [0.1, 0.15) is 11.9 Å². The van der Waals surface area contributed by atoms with Crippen molar-refractivity contribution in [3.8, 4) is 5.75 Å². The van der Waals surface area contributed by atoms with Gasteiger partial charge in [0.05, 0.1) is 0 Å². The summed E-state index contributed by atoms with van der Waals surface area (Å²) in [5.41, 5.74) is 0. The molecule has 84 valence electrons. The summed E-state index contributed by atoms with van der Waals surface area (Å²) >= 11 is 3.43. The molecule has 0 aromatic heterocycles. The molecule has 0 amide bonds. The molecule has 1 fully saturated rings. The van der Waals surface area contributed by atoms with Crippen molar-refractivity contribution in [2.45, 2.75) is 18.9 Å². The Morgan fingerprint density at radius 1 is 1.27 bits per heavy atom. The summed E-state index contributed by atoms with van der Waals surface area (Å²) in [5, 5.41) is 3.32. The number of hydrogen-bond acceptors (Lipinski definition) is 2. The van der Waals surface area contributed by atoms with E-state index in [-0.39, 0.29) is 12.4 Å². The van der Waals surface area contributed by atoms with Crippen LogP contribution in [-0.4, -0.2) is 19.2 Å². The van der Waals surface area contributed by atoms with Crippen molar-refractivity contribution >= 4 is 28.3 Å². The molecule has 2 rings (SSSR count). The summed E-state index contributed by atoms with van der Waals surface area (Å²) in [4.78, 5) is 0. The molecule has 1 saturated heterocycles. The predicted octanol–water partition coefficient (Wildman–Crippen LogP) is 3.00. The van der Waals surface area contributed by atoms with Gasteiger partial charge in [0, 0.05) is 4.47 Å². The Morgan fingerprint density at radius 3 is 2.67 bits per heavy atom. The Hall–Kier alpha value is -0.250. The number of ether oxygens (including phenoxy) is 1. The molecule has 1 aromatic carbocycles. The average Bonchev–Trinajstić information content (AvgIpc) is 2.19. The van der Waals surface area contributed by atoms with E-state index < -0.39 is 0 Å². The molecule has 0 atom stereocenters. The lowest BCUT2D eigenvalue weighted by Crippen LogP contribution is -2.34. The first-order valence-electron chi connectivity index (χ1n) is 4.97. The van der Waals surface area contributed by atoms with E-state index in [0.717, 1.165) is 36.2 Å². The largest absolute Gasteiger partial charge is 0.490 e. The van der Waals surface area contributed by atoms with Gasteiger partial charge in [-0.05, 0) is 44.1 Å². The van der Waals surface area contributed by atoms with Crippen molar-refractivity contribution in [2.24, 2.45) is 0 Å². The van der Waals surface area contributed by atoms with Crippen molar-refractivity contribution in [1.82, 2.24) is 5.32 Å². The van der Waals surface area contributed by atoms with Crippen LogP contribution in [0, 0.1) is 0 Å². The van der Waals surface area contributed by atoms with Crippen molar-refractivity contribution in [2.75, 3.05) is 13.1 Å². The first-order valence-corrected chi connectivity index (χ1v) is 5.77. The zero-order valence-electron chi connectivity index (χ0n) is 8.41. The van der Waals surface area contributed by atoms with Gasteiger partial charge < -0.3 is 10.1 Å². The molecule has 1 aliphatic rings. The Labute approximate surface area is 105 Å². The second-order valence-corrected chi connectivity index (χ2v) is 4.44. The smallest absolute Gasteiger partial charge is 0.120 e. The maximum Gasteiger partial charge on any atom is 0.120 e. The van der Waals surface area contributed by atoms with Crippen molar-refractivity contribution in [3.05, 3.63) is 28.7 Å². The Bertz CT molecular complexity index is 302. The molecule has 0 radical (unpaired) electrons. The summed E-state index contributed by atoms with van der Waals surface area (Å²) in [6.45, 7) is 2.14. The van der Waals surface area contributed by atoms with Gasteiger partial charge in [-0.3, -0.25) is 0 Å². The lowest BCUT2D eigenvalue weighted by atomic mass is 10.1. The zero-order valence-corrected chi connectivity index (χ0v) is 10.8. The van der Waals surface area contributed by atoms with Gasteiger partial charge in [0.15, 0.2) is 0 Å². The van der Waals surface area contributed by atoms with E-state index in [9.17, 15) is 0 Å². The number of halogens is 2. The Kier molecular flexibility index (Phi) is 5.43. The minimum absolute atomic E-state index is 0. The summed E-state index contributed by atoms with van der Waals surface area (Å²) in [5.74, 6) is 0.964. The highest BCUT2D eigenvalue weighted by molar-refractivity contribution is 9.10. The quantitative estimate of drug-likeness (QED) is 0.905. The summed E-state index contributed by atoms with van der Waals surface area (Å²) < 4.78 is 6.94. The van der Waals surface area contributed by atoms with Gasteiger partial charge in [-0.1, -0.05) is 22.0 Å². The van der Waals surface area contributed by atoms with Crippen molar-refractivity contribution in [3.63, 3.8) is 0 Å². The molecule has 1 heterocycles. The molecule has 2 nitrogen and oxygen atoms in total. The first kappa shape index (κ1) is 12.8. The molecule has 1 aromatic rings. The number of rotatable bonds is 2. The van der Waals surface area contributed by atoms with Crippen LogP contribution in [0.4, 0.5) is 0 Å². The van der Waals surface area contributed by atoms with Crippen LogP contribution in [-0.2, 0) is 0 Å². The zero-order chi connectivity index (χ0) is 9.80. The van der Waals surface area contributed by atoms with Gasteiger partial charge in [-0.25, -0.2) is 0 Å². The SMILES string of the molecule is Brc1cccc(OC2CCNCC2)c1.Cl. The van der Waals surface area contributed by atoms with Crippen molar-refractivity contribution in [1.29, 1.82) is 0 Å². The molecule has 0 saturated carbocycles. The number of hydrogen-bond donors (Lipinski definition) is 1. The molecule has 0 bridgehead atoms. The Morgan fingerprint density at radius 2 is 2.00 bits per heavy atom. The van der Waals surface area contributed by atoms with Gasteiger partial charge in [0.2, 0.25) is 0 Å². The van der Waals surface area contributed by atoms with E-state index in [0.29, 0.717) is 6.10 Å². The van der Waals surface area contributed by atoms with Crippen LogP contribution < -0.4 is 10.1 Å². The van der Waals surface area contributed by atoms with E-state index in [1.54, 1.807) is 0 Å². The minimum atomic E-state index is 0. The third kappa shape index (κ3) is 4.01. The van der Waals surface area contributed by atoms with Gasteiger partial charge in [0.25, 0.3) is 0 Å². The third-order valence-electron chi connectivity index (χ3n) is 2.39. The fourth-order valence-corrected chi connectivity index (χ4v) is 2.02. The molecule has 4 heteroatoms. The van der Waals surface area contributed by atoms with Crippen LogP contribution in [0.15, 0.2) is 28.7 Å². The summed E-state index contributed by atoms with van der Waals surface area (Å²) in [6.07, 6.45) is 2.59.